The van der Waals surface area contributed by atoms with E-state index in [1.165, 1.54) is 64.2 Å². The van der Waals surface area contributed by atoms with Gasteiger partial charge in [0.1, 0.15) is 0 Å². The summed E-state index contributed by atoms with van der Waals surface area (Å²) in [6, 6.07) is 0.606. The van der Waals surface area contributed by atoms with Crippen molar-refractivity contribution in [3.8, 4) is 0 Å². The minimum atomic E-state index is -0.332. The maximum atomic E-state index is 14.0. The number of carbonyl (C=O) groups excluding carboxylic acids is 2. The molecule has 0 aromatic carbocycles. The highest BCUT2D eigenvalue weighted by Gasteiger charge is 2.66. The summed E-state index contributed by atoms with van der Waals surface area (Å²) in [6.07, 6.45) is 19.5. The van der Waals surface area contributed by atoms with Crippen molar-refractivity contribution in [3.63, 3.8) is 0 Å². The van der Waals surface area contributed by atoms with Gasteiger partial charge < -0.3 is 29.9 Å². The average molecular weight is 699 g/mol. The Bertz CT molecular complexity index is 1150. The Kier molecular flexibility index (Phi) is 12.2. The van der Waals surface area contributed by atoms with E-state index in [1.807, 2.05) is 14.1 Å². The zero-order valence-corrected chi connectivity index (χ0v) is 33.1. The van der Waals surface area contributed by atoms with E-state index >= 15 is 0 Å². The number of nitrogens with zero attached hydrogens (tertiary/aromatic N) is 2. The third-order valence-electron chi connectivity index (χ3n) is 15.6. The molecule has 0 bridgehead atoms. The minimum Gasteiger partial charge on any atom is -0.354 e. The number of hydrogen-bond donors (Lipinski definition) is 2. The molecule has 8 nitrogen and oxygen atoms in total. The molecule has 2 saturated heterocycles. The molecule has 6 rings (SSSR count). The molecule has 0 aromatic rings. The van der Waals surface area contributed by atoms with Gasteiger partial charge in [0.15, 0.2) is 5.79 Å². The summed E-state index contributed by atoms with van der Waals surface area (Å²) in [7, 11) is 4.08. The van der Waals surface area contributed by atoms with E-state index in [0.29, 0.717) is 60.1 Å². The lowest BCUT2D eigenvalue weighted by molar-refractivity contribution is -0.272. The van der Waals surface area contributed by atoms with Gasteiger partial charge in [-0.1, -0.05) is 60.3 Å². The molecule has 1 spiro atoms. The Labute approximate surface area is 305 Å². The summed E-state index contributed by atoms with van der Waals surface area (Å²) >= 11 is 0. The van der Waals surface area contributed by atoms with E-state index in [9.17, 15) is 9.59 Å². The largest absolute Gasteiger partial charge is 0.354 e. The van der Waals surface area contributed by atoms with Crippen LogP contribution in [-0.4, -0.2) is 86.0 Å². The summed E-state index contributed by atoms with van der Waals surface area (Å²) in [5.41, 5.74) is 0.680. The normalized spacial score (nSPS) is 41.9. The van der Waals surface area contributed by atoms with E-state index in [4.69, 9.17) is 9.47 Å². The van der Waals surface area contributed by atoms with Gasteiger partial charge in [0.05, 0.1) is 12.7 Å². The first-order chi connectivity index (χ1) is 23.9. The molecule has 0 radical (unpaired) electrons. The quantitative estimate of drug-likeness (QED) is 0.229. The molecule has 6 aliphatic rings. The fraction of sp³-hybridized carbons (Fsp3) is 0.952. The lowest BCUT2D eigenvalue weighted by atomic mass is 9.51. The molecule has 286 valence electrons. The highest BCUT2D eigenvalue weighted by Crippen LogP contribution is 2.67. The van der Waals surface area contributed by atoms with E-state index < -0.39 is 0 Å². The molecular formula is C42H74N4O4. The van der Waals surface area contributed by atoms with Gasteiger partial charge in [-0.2, -0.15) is 0 Å². The minimum absolute atomic E-state index is 0.0934. The second kappa shape index (κ2) is 15.9. The molecular weight excluding hydrogens is 624 g/mol. The standard InChI is InChI=1S/C42H74N4O4/c1-8-31-26-34(44-39(48)46(35-13-10-9-11-14-35)24-22-43-37(47)15-12-23-45(6)7)18-20-40(31,4)32-17-19-41(5)33(25-32)27-36-38(41)30(3)42(50-36)21-16-29(2)28-49-42/h29-36,38H,8-28H2,1-7H3,(H,43,47)(H,44,48)/t29?,30-,31+,32-,33+,34+,36-,38-,40-,41-,42?/m0/s1. The van der Waals surface area contributed by atoms with Crippen LogP contribution in [0.4, 0.5) is 4.79 Å². The zero-order valence-electron chi connectivity index (χ0n) is 33.1. The van der Waals surface area contributed by atoms with Gasteiger partial charge >= 0.3 is 6.03 Å². The molecule has 2 aliphatic heterocycles. The number of hydrogen-bond acceptors (Lipinski definition) is 5. The van der Waals surface area contributed by atoms with Gasteiger partial charge in [0.2, 0.25) is 5.91 Å². The van der Waals surface area contributed by atoms with Crippen molar-refractivity contribution in [2.24, 2.45) is 46.3 Å². The fourth-order valence-corrected chi connectivity index (χ4v) is 12.4. The maximum Gasteiger partial charge on any atom is 0.317 e. The van der Waals surface area contributed by atoms with E-state index in [2.05, 4.69) is 55.1 Å². The maximum absolute atomic E-state index is 14.0. The van der Waals surface area contributed by atoms with Crippen LogP contribution in [0.25, 0.3) is 0 Å². The average Bonchev–Trinajstić information content (AvgIpc) is 3.53. The number of ether oxygens (including phenoxy) is 2. The van der Waals surface area contributed by atoms with Gasteiger partial charge in [0.25, 0.3) is 0 Å². The van der Waals surface area contributed by atoms with Crippen molar-refractivity contribution >= 4 is 11.9 Å². The topological polar surface area (TPSA) is 83.1 Å². The lowest BCUT2D eigenvalue weighted by Crippen LogP contribution is -2.54. The van der Waals surface area contributed by atoms with Crippen molar-refractivity contribution < 1.29 is 19.1 Å². The van der Waals surface area contributed by atoms with Crippen molar-refractivity contribution in [1.29, 1.82) is 0 Å². The second-order valence-corrected chi connectivity index (χ2v) is 18.9. The highest BCUT2D eigenvalue weighted by atomic mass is 16.7. The molecule has 6 fully saturated rings. The van der Waals surface area contributed by atoms with Crippen LogP contribution in [-0.2, 0) is 14.3 Å². The third-order valence-corrected chi connectivity index (χ3v) is 15.6. The predicted molar refractivity (Wildman–Crippen MR) is 201 cm³/mol. The van der Waals surface area contributed by atoms with Crippen LogP contribution in [0.3, 0.4) is 0 Å². The summed E-state index contributed by atoms with van der Waals surface area (Å²) < 4.78 is 13.5. The molecule has 50 heavy (non-hydrogen) atoms. The van der Waals surface area contributed by atoms with Crippen LogP contribution in [0.1, 0.15) is 144 Å². The van der Waals surface area contributed by atoms with Crippen molar-refractivity contribution in [1.82, 2.24) is 20.4 Å². The lowest BCUT2D eigenvalue weighted by Gasteiger charge is -2.55. The fourth-order valence-electron chi connectivity index (χ4n) is 12.4. The van der Waals surface area contributed by atoms with E-state index in [0.717, 1.165) is 63.5 Å². The summed E-state index contributed by atoms with van der Waals surface area (Å²) in [5, 5.41) is 6.66. The zero-order chi connectivity index (χ0) is 35.7. The summed E-state index contributed by atoms with van der Waals surface area (Å²) in [6.45, 7) is 15.3. The first kappa shape index (κ1) is 38.3. The molecule has 3 amide bonds. The summed E-state index contributed by atoms with van der Waals surface area (Å²) in [5.74, 6) is 3.60. The molecule has 0 aromatic heterocycles. The third kappa shape index (κ3) is 7.79. The number of urea groups is 1. The Hall–Kier alpha value is -1.38. The van der Waals surface area contributed by atoms with Gasteiger partial charge in [-0.3, -0.25) is 4.79 Å². The van der Waals surface area contributed by atoms with Crippen molar-refractivity contribution in [2.75, 3.05) is 40.3 Å². The number of carbonyl (C=O) groups is 2. The Morgan fingerprint density at radius 2 is 1.62 bits per heavy atom. The van der Waals surface area contributed by atoms with Crippen molar-refractivity contribution in [2.45, 2.75) is 168 Å². The van der Waals surface area contributed by atoms with E-state index in [1.54, 1.807) is 0 Å². The molecule has 2 unspecified atom stereocenters. The van der Waals surface area contributed by atoms with Crippen molar-refractivity contribution in [3.05, 3.63) is 0 Å². The van der Waals surface area contributed by atoms with Crippen LogP contribution in [0, 0.1) is 46.3 Å². The monoisotopic (exact) mass is 699 g/mol. The number of amides is 3. The Morgan fingerprint density at radius 3 is 2.32 bits per heavy atom. The van der Waals surface area contributed by atoms with Crippen LogP contribution < -0.4 is 10.6 Å². The Balaban J connectivity index is 1.03. The van der Waals surface area contributed by atoms with Crippen LogP contribution in [0.15, 0.2) is 0 Å². The van der Waals surface area contributed by atoms with Gasteiger partial charge in [-0.05, 0) is 132 Å². The van der Waals surface area contributed by atoms with E-state index in [-0.39, 0.29) is 29.8 Å². The molecule has 4 saturated carbocycles. The first-order valence-corrected chi connectivity index (χ1v) is 21.2. The first-order valence-electron chi connectivity index (χ1n) is 21.2. The molecule has 8 heteroatoms. The van der Waals surface area contributed by atoms with Gasteiger partial charge in [0, 0.05) is 43.9 Å². The van der Waals surface area contributed by atoms with Gasteiger partial charge in [-0.15, -0.1) is 0 Å². The van der Waals surface area contributed by atoms with Crippen LogP contribution in [0.5, 0.6) is 0 Å². The second-order valence-electron chi connectivity index (χ2n) is 18.9. The van der Waals surface area contributed by atoms with Gasteiger partial charge in [-0.25, -0.2) is 4.79 Å². The van der Waals surface area contributed by atoms with Crippen LogP contribution >= 0.6 is 0 Å². The highest BCUT2D eigenvalue weighted by molar-refractivity contribution is 5.76. The number of rotatable bonds is 11. The SMILES string of the molecule is CC[C@@H]1C[C@H](NC(=O)N(CCNC(=O)CCCN(C)C)C2CCCCC2)CC[C@]1(C)[C@H]1CC[C@@]2(C)[C@H](C1)C[C@@H]1OC3(CCC(C)CO3)[C@@H](C)[C@@H]12. The van der Waals surface area contributed by atoms with Crippen LogP contribution in [0.2, 0.25) is 0 Å². The number of nitrogens with one attached hydrogen (secondary N) is 2. The molecule has 2 N–H and O–H groups in total. The summed E-state index contributed by atoms with van der Waals surface area (Å²) in [4.78, 5) is 30.7. The molecule has 2 heterocycles. The number of fused-ring (bicyclic) bond motifs is 3. The molecule has 4 aliphatic carbocycles. The predicted octanol–water partition coefficient (Wildman–Crippen LogP) is 7.99. The molecule has 11 atom stereocenters. The smallest absolute Gasteiger partial charge is 0.317 e. The Morgan fingerprint density at radius 1 is 0.860 bits per heavy atom.